The Morgan fingerprint density at radius 1 is 0.405 bits per heavy atom. The van der Waals surface area contributed by atoms with E-state index in [9.17, 15) is 0 Å². The van der Waals surface area contributed by atoms with Crippen LogP contribution < -0.4 is 0 Å². The molecule has 0 spiro atoms. The van der Waals surface area contributed by atoms with Crippen LogP contribution in [0.3, 0.4) is 0 Å². The van der Waals surface area contributed by atoms with Gasteiger partial charge in [-0.2, -0.15) is 0 Å². The fraction of sp³-hybridized carbons (Fsp3) is 0. The summed E-state index contributed by atoms with van der Waals surface area (Å²) in [6, 6.07) is 30.6. The summed E-state index contributed by atoms with van der Waals surface area (Å²) in [5, 5.41) is 8.59. The van der Waals surface area contributed by atoms with Crippen molar-refractivity contribution in [2.75, 3.05) is 0 Å². The van der Waals surface area contributed by atoms with Crippen LogP contribution in [0.1, 0.15) is 0 Å². The number of nitrogens with zero attached hydrogens (tertiary/aromatic N) is 2. The van der Waals surface area contributed by atoms with Gasteiger partial charge in [0.05, 0.1) is 21.1 Å². The van der Waals surface area contributed by atoms with Crippen LogP contribution in [0.5, 0.6) is 0 Å². The zero-order valence-corrected chi connectivity index (χ0v) is 26.8. The van der Waals surface area contributed by atoms with Crippen molar-refractivity contribution >= 4 is 68.0 Å². The molecule has 202 valence electrons. The number of hydrogen-bond acceptors (Lipinski definition) is 8. The van der Waals surface area contributed by atoms with Crippen LogP contribution in [0, 0.1) is 0 Å². The Morgan fingerprint density at radius 2 is 0.810 bits per heavy atom. The molecule has 0 fully saturated rings. The monoisotopic (exact) mass is 648 g/mol. The van der Waals surface area contributed by atoms with Crippen molar-refractivity contribution in [1.29, 1.82) is 0 Å². The highest BCUT2D eigenvalue weighted by molar-refractivity contribution is 7.25. The third kappa shape index (κ3) is 4.94. The first-order valence-corrected chi connectivity index (χ1v) is 18.3. The molecule has 42 heavy (non-hydrogen) atoms. The number of thiophene rings is 6. The first-order chi connectivity index (χ1) is 20.8. The first kappa shape index (κ1) is 26.2. The normalized spacial score (nSPS) is 11.3. The molecule has 0 saturated carbocycles. The summed E-state index contributed by atoms with van der Waals surface area (Å²) in [7, 11) is 0. The quantitative estimate of drug-likeness (QED) is 0.172. The van der Waals surface area contributed by atoms with E-state index in [0.717, 1.165) is 22.5 Å². The number of hydrogen-bond donors (Lipinski definition) is 0. The Hall–Kier alpha value is -3.50. The zero-order valence-electron chi connectivity index (χ0n) is 21.9. The summed E-state index contributed by atoms with van der Waals surface area (Å²) in [4.78, 5) is 19.8. The van der Waals surface area contributed by atoms with Crippen molar-refractivity contribution < 1.29 is 0 Å². The van der Waals surface area contributed by atoms with E-state index in [1.807, 2.05) is 35.1 Å². The maximum absolute atomic E-state index is 4.76. The fourth-order valence-corrected chi connectivity index (χ4v) is 10.6. The summed E-state index contributed by atoms with van der Waals surface area (Å²) in [5.74, 6) is 0. The lowest BCUT2D eigenvalue weighted by Gasteiger charge is -2.05. The predicted molar refractivity (Wildman–Crippen MR) is 187 cm³/mol. The van der Waals surface area contributed by atoms with E-state index in [1.54, 1.807) is 45.3 Å². The van der Waals surface area contributed by atoms with Crippen LogP contribution in [0.2, 0.25) is 0 Å². The summed E-state index contributed by atoms with van der Waals surface area (Å²) < 4.78 is 0. The van der Waals surface area contributed by atoms with Crippen LogP contribution >= 0.6 is 68.0 Å². The Balaban J connectivity index is 1.18. The van der Waals surface area contributed by atoms with E-state index in [2.05, 4.69) is 106 Å². The number of aromatic nitrogens is 2. The first-order valence-electron chi connectivity index (χ1n) is 13.2. The molecule has 8 rings (SSSR count). The topological polar surface area (TPSA) is 25.8 Å². The van der Waals surface area contributed by atoms with Gasteiger partial charge in [0.15, 0.2) is 0 Å². The van der Waals surface area contributed by atoms with E-state index < -0.39 is 0 Å². The molecular weight excluding hydrogens is 629 g/mol. The third-order valence-electron chi connectivity index (χ3n) is 6.88. The average Bonchev–Trinajstić information content (AvgIpc) is 3.86. The molecule has 8 aromatic rings. The van der Waals surface area contributed by atoms with Crippen molar-refractivity contribution in [3.05, 3.63) is 119 Å². The van der Waals surface area contributed by atoms with E-state index in [-0.39, 0.29) is 0 Å². The highest BCUT2D eigenvalue weighted by Gasteiger charge is 2.18. The lowest BCUT2D eigenvalue weighted by Crippen LogP contribution is -1.88. The summed E-state index contributed by atoms with van der Waals surface area (Å²) >= 11 is 10.9. The van der Waals surface area contributed by atoms with Crippen molar-refractivity contribution in [1.82, 2.24) is 9.97 Å². The standard InChI is InChI=1S/C34H20N2S6/c1-5-27(37-13-1)23-19-31(41-33(23)29-7-3-15-39-29)21-9-11-35-25(17-21)26-18-22(10-12-36-26)32-20-24(28-6-2-14-38-28)34(42-32)30-8-4-16-40-30/h1-20H. The molecule has 0 aliphatic carbocycles. The van der Waals surface area contributed by atoms with Crippen LogP contribution in [-0.2, 0) is 0 Å². The predicted octanol–water partition coefficient (Wildman–Crippen LogP) is 12.5. The van der Waals surface area contributed by atoms with Crippen LogP contribution in [0.15, 0.2) is 119 Å². The Morgan fingerprint density at radius 3 is 1.19 bits per heavy atom. The van der Waals surface area contributed by atoms with E-state index in [1.165, 1.54) is 50.1 Å². The summed E-state index contributed by atoms with van der Waals surface area (Å²) in [6.45, 7) is 0. The largest absolute Gasteiger partial charge is 0.255 e. The number of pyridine rings is 2. The third-order valence-corrected chi connectivity index (χ3v) is 13.2. The molecule has 0 atom stereocenters. The van der Waals surface area contributed by atoms with Gasteiger partial charge in [-0.3, -0.25) is 9.97 Å². The van der Waals surface area contributed by atoms with E-state index in [4.69, 9.17) is 9.97 Å². The van der Waals surface area contributed by atoms with Gasteiger partial charge in [-0.25, -0.2) is 0 Å². The SMILES string of the molecule is c1csc(-c2cc(-c3ccnc(-c4cc(-c5cc(-c6cccs6)c(-c6cccs6)s5)ccn4)c3)sc2-c2cccs2)c1. The van der Waals surface area contributed by atoms with Gasteiger partial charge in [0.1, 0.15) is 0 Å². The highest BCUT2D eigenvalue weighted by Crippen LogP contribution is 2.48. The van der Waals surface area contributed by atoms with Gasteiger partial charge >= 0.3 is 0 Å². The molecule has 8 heterocycles. The molecule has 0 aliphatic heterocycles. The second kappa shape index (κ2) is 11.3. The van der Waals surface area contributed by atoms with E-state index >= 15 is 0 Å². The van der Waals surface area contributed by atoms with Crippen molar-refractivity contribution in [3.63, 3.8) is 0 Å². The molecule has 8 heteroatoms. The molecule has 0 bridgehead atoms. The maximum Gasteiger partial charge on any atom is 0.0892 e. The van der Waals surface area contributed by atoms with Gasteiger partial charge in [0.2, 0.25) is 0 Å². The molecule has 0 amide bonds. The van der Waals surface area contributed by atoms with Gasteiger partial charge in [0, 0.05) is 52.8 Å². The minimum Gasteiger partial charge on any atom is -0.255 e. The van der Waals surface area contributed by atoms with Gasteiger partial charge in [0.25, 0.3) is 0 Å². The number of rotatable bonds is 7. The summed E-state index contributed by atoms with van der Waals surface area (Å²) in [6.07, 6.45) is 3.81. The molecule has 0 N–H and O–H groups in total. The summed E-state index contributed by atoms with van der Waals surface area (Å²) in [5.41, 5.74) is 6.68. The molecule has 0 aromatic carbocycles. The second-order valence-electron chi connectivity index (χ2n) is 9.48. The van der Waals surface area contributed by atoms with Crippen LogP contribution in [0.4, 0.5) is 0 Å². The Labute approximate surface area is 267 Å². The van der Waals surface area contributed by atoms with Gasteiger partial charge in [-0.1, -0.05) is 24.3 Å². The molecule has 8 aromatic heterocycles. The van der Waals surface area contributed by atoms with Crippen molar-refractivity contribution in [3.8, 4) is 72.7 Å². The zero-order chi connectivity index (χ0) is 27.9. The van der Waals surface area contributed by atoms with Crippen LogP contribution in [-0.4, -0.2) is 9.97 Å². The fourth-order valence-electron chi connectivity index (χ4n) is 4.93. The maximum atomic E-state index is 4.76. The van der Waals surface area contributed by atoms with Gasteiger partial charge in [-0.15, -0.1) is 68.0 Å². The molecule has 0 unspecified atom stereocenters. The minimum absolute atomic E-state index is 0.881. The molecule has 0 radical (unpaired) electrons. The van der Waals surface area contributed by atoms with Crippen LogP contribution in [0.25, 0.3) is 72.7 Å². The smallest absolute Gasteiger partial charge is 0.0892 e. The minimum atomic E-state index is 0.881. The lowest BCUT2D eigenvalue weighted by molar-refractivity contribution is 1.25. The molecule has 2 nitrogen and oxygen atoms in total. The molecular formula is C34H20N2S6. The highest BCUT2D eigenvalue weighted by atomic mass is 32.1. The Kier molecular flexibility index (Phi) is 7.03. The van der Waals surface area contributed by atoms with Gasteiger partial charge in [-0.05, 0) is 93.3 Å². The van der Waals surface area contributed by atoms with Gasteiger partial charge < -0.3 is 0 Å². The lowest BCUT2D eigenvalue weighted by atomic mass is 10.1. The second-order valence-corrected chi connectivity index (χ2v) is 15.4. The Bertz CT molecular complexity index is 1820. The van der Waals surface area contributed by atoms with Crippen molar-refractivity contribution in [2.45, 2.75) is 0 Å². The molecule has 0 aliphatic rings. The van der Waals surface area contributed by atoms with Crippen molar-refractivity contribution in [2.24, 2.45) is 0 Å². The van der Waals surface area contributed by atoms with E-state index in [0.29, 0.717) is 0 Å². The average molecular weight is 649 g/mol. The molecule has 0 saturated heterocycles.